The van der Waals surface area contributed by atoms with Crippen LogP contribution in [0.25, 0.3) is 0 Å². The largest absolute Gasteiger partial charge is 0.478 e. The standard InChI is InChI=1S/C12H19NO3/c1-3-8(4-2)16-10-6-7(12(14)15)5-9-11(10)13-9/h6,8-11,13H,3-5H2,1-2H3,(H,14,15)/t9-,10-,11-/m1/s1. The van der Waals surface area contributed by atoms with Crippen LogP contribution < -0.4 is 5.32 Å². The van der Waals surface area contributed by atoms with Gasteiger partial charge in [0.25, 0.3) is 0 Å². The first-order valence-electron chi connectivity index (χ1n) is 6.01. The molecule has 3 atom stereocenters. The second kappa shape index (κ2) is 4.55. The minimum Gasteiger partial charge on any atom is -0.478 e. The summed E-state index contributed by atoms with van der Waals surface area (Å²) in [7, 11) is 0. The Balaban J connectivity index is 2.02. The Bertz CT molecular complexity index is 309. The fourth-order valence-corrected chi connectivity index (χ4v) is 2.29. The van der Waals surface area contributed by atoms with Crippen LogP contribution in [0.3, 0.4) is 0 Å². The van der Waals surface area contributed by atoms with Crippen LogP contribution in [0.5, 0.6) is 0 Å². The monoisotopic (exact) mass is 225 g/mol. The Morgan fingerprint density at radius 1 is 1.62 bits per heavy atom. The average Bonchev–Trinajstić information content (AvgIpc) is 3.04. The minimum atomic E-state index is -0.815. The van der Waals surface area contributed by atoms with Crippen LogP contribution in [0.4, 0.5) is 0 Å². The molecular weight excluding hydrogens is 206 g/mol. The van der Waals surface area contributed by atoms with Crippen LogP contribution in [0, 0.1) is 0 Å². The van der Waals surface area contributed by atoms with Gasteiger partial charge in [0.2, 0.25) is 0 Å². The normalized spacial score (nSPS) is 32.2. The molecular formula is C12H19NO3. The molecule has 1 aliphatic carbocycles. The molecule has 90 valence electrons. The molecule has 0 amide bonds. The number of carbonyl (C=O) groups is 1. The molecule has 0 aromatic heterocycles. The third-order valence-corrected chi connectivity index (χ3v) is 3.43. The Morgan fingerprint density at radius 3 is 2.88 bits per heavy atom. The molecule has 16 heavy (non-hydrogen) atoms. The quantitative estimate of drug-likeness (QED) is 0.692. The van der Waals surface area contributed by atoms with Crippen molar-refractivity contribution in [2.24, 2.45) is 0 Å². The molecule has 1 saturated heterocycles. The average molecular weight is 225 g/mol. The highest BCUT2D eigenvalue weighted by molar-refractivity contribution is 5.87. The van der Waals surface area contributed by atoms with E-state index in [9.17, 15) is 4.79 Å². The number of hydrogen-bond acceptors (Lipinski definition) is 3. The number of ether oxygens (including phenoxy) is 1. The van der Waals surface area contributed by atoms with E-state index in [-0.39, 0.29) is 12.2 Å². The predicted molar refractivity (Wildman–Crippen MR) is 60.3 cm³/mol. The zero-order valence-electron chi connectivity index (χ0n) is 9.77. The van der Waals surface area contributed by atoms with E-state index in [0.29, 0.717) is 24.1 Å². The first-order chi connectivity index (χ1) is 7.65. The van der Waals surface area contributed by atoms with Gasteiger partial charge < -0.3 is 15.2 Å². The van der Waals surface area contributed by atoms with Gasteiger partial charge in [-0.2, -0.15) is 0 Å². The van der Waals surface area contributed by atoms with Crippen molar-refractivity contribution in [3.63, 3.8) is 0 Å². The molecule has 0 bridgehead atoms. The van der Waals surface area contributed by atoms with E-state index in [0.717, 1.165) is 12.8 Å². The van der Waals surface area contributed by atoms with E-state index in [1.54, 1.807) is 6.08 Å². The molecule has 2 rings (SSSR count). The van der Waals surface area contributed by atoms with Crippen molar-refractivity contribution in [3.8, 4) is 0 Å². The zero-order chi connectivity index (χ0) is 11.7. The SMILES string of the molecule is CCC(CC)O[C@@H]1C=C(C(=O)O)C[C@H]2N[C@H]21. The fourth-order valence-electron chi connectivity index (χ4n) is 2.29. The molecule has 4 heteroatoms. The Hall–Kier alpha value is -0.870. The first-order valence-corrected chi connectivity index (χ1v) is 6.01. The van der Waals surface area contributed by atoms with Crippen molar-refractivity contribution in [1.29, 1.82) is 0 Å². The van der Waals surface area contributed by atoms with Gasteiger partial charge in [0.05, 0.1) is 18.2 Å². The van der Waals surface area contributed by atoms with Gasteiger partial charge >= 0.3 is 5.97 Å². The summed E-state index contributed by atoms with van der Waals surface area (Å²) in [5, 5.41) is 12.3. The van der Waals surface area contributed by atoms with Gasteiger partial charge in [-0.3, -0.25) is 0 Å². The third-order valence-electron chi connectivity index (χ3n) is 3.43. The van der Waals surface area contributed by atoms with Crippen molar-refractivity contribution >= 4 is 5.97 Å². The summed E-state index contributed by atoms with van der Waals surface area (Å²) in [5.41, 5.74) is 0.488. The summed E-state index contributed by atoms with van der Waals surface area (Å²) in [6.07, 6.45) is 4.53. The van der Waals surface area contributed by atoms with E-state index in [1.807, 2.05) is 0 Å². The van der Waals surface area contributed by atoms with E-state index in [1.165, 1.54) is 0 Å². The number of rotatable bonds is 5. The van der Waals surface area contributed by atoms with Gasteiger partial charge in [0.15, 0.2) is 0 Å². The highest BCUT2D eigenvalue weighted by Crippen LogP contribution is 2.32. The second-order valence-corrected chi connectivity index (χ2v) is 4.54. The number of hydrogen-bond donors (Lipinski definition) is 2. The molecule has 0 radical (unpaired) electrons. The van der Waals surface area contributed by atoms with Crippen molar-refractivity contribution in [3.05, 3.63) is 11.6 Å². The molecule has 1 fully saturated rings. The Kier molecular flexibility index (Phi) is 3.30. The van der Waals surface area contributed by atoms with E-state index in [4.69, 9.17) is 9.84 Å². The third kappa shape index (κ3) is 2.28. The molecule has 0 aromatic rings. The molecule has 4 nitrogen and oxygen atoms in total. The molecule has 0 spiro atoms. The Labute approximate surface area is 95.7 Å². The lowest BCUT2D eigenvalue weighted by Crippen LogP contribution is -2.30. The van der Waals surface area contributed by atoms with Gasteiger partial charge in [-0.25, -0.2) is 4.79 Å². The van der Waals surface area contributed by atoms with Gasteiger partial charge in [-0.05, 0) is 25.3 Å². The summed E-state index contributed by atoms with van der Waals surface area (Å²) >= 11 is 0. The summed E-state index contributed by atoms with van der Waals surface area (Å²) in [4.78, 5) is 10.9. The maximum atomic E-state index is 10.9. The molecule has 0 unspecified atom stereocenters. The molecule has 2 aliphatic rings. The van der Waals surface area contributed by atoms with E-state index in [2.05, 4.69) is 19.2 Å². The van der Waals surface area contributed by atoms with E-state index < -0.39 is 5.97 Å². The lowest BCUT2D eigenvalue weighted by Gasteiger charge is -2.23. The van der Waals surface area contributed by atoms with Crippen molar-refractivity contribution in [2.45, 2.75) is 57.4 Å². The van der Waals surface area contributed by atoms with Crippen molar-refractivity contribution in [1.82, 2.24) is 5.32 Å². The van der Waals surface area contributed by atoms with Crippen LogP contribution >= 0.6 is 0 Å². The molecule has 1 heterocycles. The lowest BCUT2D eigenvalue weighted by atomic mass is 9.97. The van der Waals surface area contributed by atoms with Crippen LogP contribution in [0.1, 0.15) is 33.1 Å². The number of aliphatic carboxylic acids is 1. The number of nitrogens with one attached hydrogen (secondary N) is 1. The molecule has 0 aromatic carbocycles. The Morgan fingerprint density at radius 2 is 2.31 bits per heavy atom. The summed E-state index contributed by atoms with van der Waals surface area (Å²) in [5.74, 6) is -0.815. The smallest absolute Gasteiger partial charge is 0.331 e. The van der Waals surface area contributed by atoms with Crippen LogP contribution in [-0.4, -0.2) is 35.4 Å². The maximum absolute atomic E-state index is 10.9. The van der Waals surface area contributed by atoms with Crippen molar-refractivity contribution < 1.29 is 14.6 Å². The maximum Gasteiger partial charge on any atom is 0.331 e. The molecule has 2 N–H and O–H groups in total. The van der Waals surface area contributed by atoms with Gasteiger partial charge in [-0.15, -0.1) is 0 Å². The van der Waals surface area contributed by atoms with Gasteiger partial charge in [-0.1, -0.05) is 13.8 Å². The number of fused-ring (bicyclic) bond motifs is 1. The van der Waals surface area contributed by atoms with Crippen LogP contribution in [-0.2, 0) is 9.53 Å². The fraction of sp³-hybridized carbons (Fsp3) is 0.750. The summed E-state index contributed by atoms with van der Waals surface area (Å²) in [6, 6.07) is 0.652. The highest BCUT2D eigenvalue weighted by atomic mass is 16.5. The van der Waals surface area contributed by atoms with Crippen molar-refractivity contribution in [2.75, 3.05) is 0 Å². The number of carboxylic acids is 1. The van der Waals surface area contributed by atoms with Gasteiger partial charge in [0.1, 0.15) is 0 Å². The molecule has 1 aliphatic heterocycles. The van der Waals surface area contributed by atoms with Gasteiger partial charge in [0, 0.05) is 11.6 Å². The number of carboxylic acid groups (broad SMARTS) is 1. The molecule has 0 saturated carbocycles. The lowest BCUT2D eigenvalue weighted by molar-refractivity contribution is -0.133. The minimum absolute atomic E-state index is 0.0604. The predicted octanol–water partition coefficient (Wildman–Crippen LogP) is 1.32. The zero-order valence-corrected chi connectivity index (χ0v) is 9.77. The van der Waals surface area contributed by atoms with Crippen LogP contribution in [0.2, 0.25) is 0 Å². The second-order valence-electron chi connectivity index (χ2n) is 4.54. The van der Waals surface area contributed by atoms with E-state index >= 15 is 0 Å². The highest BCUT2D eigenvalue weighted by Gasteiger charge is 2.47. The topological polar surface area (TPSA) is 68.5 Å². The summed E-state index contributed by atoms with van der Waals surface area (Å²) < 4.78 is 5.92. The first kappa shape index (κ1) is 11.6. The summed E-state index contributed by atoms with van der Waals surface area (Å²) in [6.45, 7) is 4.19. The van der Waals surface area contributed by atoms with Crippen LogP contribution in [0.15, 0.2) is 11.6 Å².